The summed E-state index contributed by atoms with van der Waals surface area (Å²) in [5.41, 5.74) is 5.44. The Bertz CT molecular complexity index is 1230. The highest BCUT2D eigenvalue weighted by Gasteiger charge is 2.35. The third-order valence-electron chi connectivity index (χ3n) is 5.16. The molecule has 0 aliphatic carbocycles. The second-order valence-electron chi connectivity index (χ2n) is 7.78. The Kier molecular flexibility index (Phi) is 8.74. The fourth-order valence-electron chi connectivity index (χ4n) is 3.61. The van der Waals surface area contributed by atoms with Crippen molar-refractivity contribution >= 4 is 57.0 Å². The van der Waals surface area contributed by atoms with Gasteiger partial charge >= 0.3 is 5.97 Å². The zero-order chi connectivity index (χ0) is 26.6. The number of hydrogen-bond donors (Lipinski definition) is 7. The number of aromatic hydroxyl groups is 2. The molecule has 2 unspecified atom stereocenters. The molecule has 3 rings (SSSR count). The molecule has 36 heavy (non-hydrogen) atoms. The molecule has 2 amide bonds. The average molecular weight is 585 g/mol. The highest BCUT2D eigenvalue weighted by atomic mass is 79.9. The highest BCUT2D eigenvalue weighted by molar-refractivity contribution is 9.10. The summed E-state index contributed by atoms with van der Waals surface area (Å²) in [6, 6.07) is 4.88. The Labute approximate surface area is 218 Å². The number of rotatable bonds is 7. The van der Waals surface area contributed by atoms with Gasteiger partial charge in [-0.25, -0.2) is 0 Å². The summed E-state index contributed by atoms with van der Waals surface area (Å²) in [5, 5.41) is 45.4. The number of halogens is 2. The van der Waals surface area contributed by atoms with Crippen LogP contribution in [0.1, 0.15) is 34.8 Å². The number of carboxylic acids is 1. The van der Waals surface area contributed by atoms with Gasteiger partial charge in [-0.3, -0.25) is 24.3 Å². The number of aliphatic hydroxyl groups excluding tert-OH is 1. The second-order valence-corrected chi connectivity index (χ2v) is 9.11. The van der Waals surface area contributed by atoms with Crippen LogP contribution in [0.4, 0.5) is 5.69 Å². The van der Waals surface area contributed by atoms with Crippen molar-refractivity contribution in [2.24, 2.45) is 10.7 Å². The smallest absolute Gasteiger partial charge is 0.305 e. The zero-order valence-corrected chi connectivity index (χ0v) is 21.0. The van der Waals surface area contributed by atoms with Gasteiger partial charge in [0.15, 0.2) is 5.96 Å². The maximum Gasteiger partial charge on any atom is 0.305 e. The minimum absolute atomic E-state index is 0.0971. The molecule has 0 aromatic heterocycles. The number of imide groups is 1. The van der Waals surface area contributed by atoms with E-state index in [9.17, 15) is 34.8 Å². The van der Waals surface area contributed by atoms with Crippen LogP contribution in [0.5, 0.6) is 11.5 Å². The number of guanidine groups is 1. The average Bonchev–Trinajstić information content (AvgIpc) is 2.80. The molecule has 14 heteroatoms. The number of nitrogens with two attached hydrogens (primary N) is 1. The third-order valence-corrected chi connectivity index (χ3v) is 5.91. The van der Waals surface area contributed by atoms with Gasteiger partial charge in [-0.1, -0.05) is 27.5 Å². The lowest BCUT2D eigenvalue weighted by Crippen LogP contribution is -2.44. The molecule has 0 bridgehead atoms. The number of aliphatic hydroxyl groups is 1. The normalized spacial score (nSPS) is 15.9. The van der Waals surface area contributed by atoms with Crippen molar-refractivity contribution < 1.29 is 34.8 Å². The van der Waals surface area contributed by atoms with E-state index in [-0.39, 0.29) is 33.5 Å². The molecule has 2 aromatic carbocycles. The van der Waals surface area contributed by atoms with Gasteiger partial charge in [0.25, 0.3) is 5.91 Å². The van der Waals surface area contributed by atoms with E-state index >= 15 is 0 Å². The van der Waals surface area contributed by atoms with Crippen LogP contribution in [0, 0.1) is 0 Å². The van der Waals surface area contributed by atoms with E-state index in [0.29, 0.717) is 22.3 Å². The molecule has 1 aliphatic rings. The minimum Gasteiger partial charge on any atom is -0.508 e. The number of phenolic OH excluding ortho intramolecular Hbond substituents is 2. The van der Waals surface area contributed by atoms with E-state index in [4.69, 9.17) is 17.3 Å². The lowest BCUT2D eigenvalue weighted by molar-refractivity contribution is -0.139. The predicted molar refractivity (Wildman–Crippen MR) is 134 cm³/mol. The topological polar surface area (TPSA) is 198 Å². The van der Waals surface area contributed by atoms with Crippen LogP contribution in [0.2, 0.25) is 5.02 Å². The largest absolute Gasteiger partial charge is 0.508 e. The van der Waals surface area contributed by atoms with Crippen molar-refractivity contribution in [3.8, 4) is 11.5 Å². The Morgan fingerprint density at radius 2 is 1.97 bits per heavy atom. The van der Waals surface area contributed by atoms with E-state index in [2.05, 4.69) is 31.6 Å². The van der Waals surface area contributed by atoms with E-state index in [1.54, 1.807) is 0 Å². The van der Waals surface area contributed by atoms with E-state index < -0.39 is 48.8 Å². The van der Waals surface area contributed by atoms with Crippen molar-refractivity contribution in [1.29, 1.82) is 0 Å². The van der Waals surface area contributed by atoms with Crippen LogP contribution in [0.25, 0.3) is 0 Å². The molecule has 0 radical (unpaired) electrons. The van der Waals surface area contributed by atoms with Gasteiger partial charge in [0.2, 0.25) is 5.91 Å². The third kappa shape index (κ3) is 6.43. The number of amides is 2. The van der Waals surface area contributed by atoms with Gasteiger partial charge in [0, 0.05) is 40.3 Å². The lowest BCUT2D eigenvalue weighted by Gasteiger charge is -2.30. The summed E-state index contributed by atoms with van der Waals surface area (Å²) in [7, 11) is 0. The highest BCUT2D eigenvalue weighted by Crippen LogP contribution is 2.39. The fraction of sp³-hybridized carbons (Fsp3) is 0.273. The van der Waals surface area contributed by atoms with Crippen molar-refractivity contribution in [2.45, 2.75) is 25.1 Å². The molecular weight excluding hydrogens is 562 g/mol. The van der Waals surface area contributed by atoms with Crippen LogP contribution < -0.4 is 16.4 Å². The molecule has 8 N–H and O–H groups in total. The number of aliphatic imine (C=N–C) groups is 1. The van der Waals surface area contributed by atoms with E-state index in [1.807, 2.05) is 0 Å². The maximum atomic E-state index is 13.6. The van der Waals surface area contributed by atoms with Crippen LogP contribution >= 0.6 is 27.5 Å². The molecule has 0 saturated carbocycles. The first-order valence-electron chi connectivity index (χ1n) is 10.6. The number of aliphatic carboxylic acids is 1. The molecular formula is C22H23BrClN5O7. The second kappa shape index (κ2) is 11.6. The standard InChI is InChI=1S/C22H23BrClN5O7/c23-11-5-14(20(35)15(24)6-11)16(8-19(33)34)29(18(32)9-25)21(36)10-3-12(7-13(30)4-10)27-22-26-2-1-17(31)28-22/h3-7,16-17,30-31,35H,1-2,8-9,25H2,(H,33,34)(H2,26,27,28). The predicted octanol–water partition coefficient (Wildman–Crippen LogP) is 1.74. The molecule has 0 saturated heterocycles. The molecule has 0 spiro atoms. The number of carbonyl (C=O) groups excluding carboxylic acids is 2. The molecule has 1 aliphatic heterocycles. The zero-order valence-electron chi connectivity index (χ0n) is 18.6. The number of anilines is 1. The van der Waals surface area contributed by atoms with Gasteiger partial charge in [-0.05, 0) is 24.3 Å². The molecule has 1 heterocycles. The SMILES string of the molecule is NCC(=O)N(C(=O)c1cc(O)cc(NC2=NCCC(O)N2)c1)C(CC(=O)O)c1cc(Br)cc(Cl)c1O. The summed E-state index contributed by atoms with van der Waals surface area (Å²) < 4.78 is 0.370. The Morgan fingerprint density at radius 1 is 1.25 bits per heavy atom. The monoisotopic (exact) mass is 583 g/mol. The van der Waals surface area contributed by atoms with Crippen molar-refractivity contribution in [3.05, 3.63) is 51.0 Å². The summed E-state index contributed by atoms with van der Waals surface area (Å²) in [4.78, 5) is 42.9. The van der Waals surface area contributed by atoms with E-state index in [0.717, 1.165) is 6.07 Å². The van der Waals surface area contributed by atoms with Crippen LogP contribution in [0.15, 0.2) is 39.8 Å². The first-order chi connectivity index (χ1) is 17.0. The van der Waals surface area contributed by atoms with Gasteiger partial charge < -0.3 is 36.8 Å². The number of nitrogens with zero attached hydrogens (tertiary/aromatic N) is 2. The molecule has 192 valence electrons. The van der Waals surface area contributed by atoms with Gasteiger partial charge in [-0.2, -0.15) is 0 Å². The number of benzene rings is 2. The summed E-state index contributed by atoms with van der Waals surface area (Å²) >= 11 is 9.25. The van der Waals surface area contributed by atoms with Crippen LogP contribution in [-0.4, -0.2) is 68.4 Å². The lowest BCUT2D eigenvalue weighted by atomic mass is 9.99. The summed E-state index contributed by atoms with van der Waals surface area (Å²) in [6.45, 7) is -0.303. The summed E-state index contributed by atoms with van der Waals surface area (Å²) in [5.74, 6) is -3.93. The number of carbonyl (C=O) groups is 3. The molecule has 2 atom stereocenters. The van der Waals surface area contributed by atoms with Crippen molar-refractivity contribution in [3.63, 3.8) is 0 Å². The van der Waals surface area contributed by atoms with Crippen molar-refractivity contribution in [2.75, 3.05) is 18.4 Å². The van der Waals surface area contributed by atoms with Gasteiger partial charge in [0.1, 0.15) is 17.7 Å². The van der Waals surface area contributed by atoms with Gasteiger partial charge in [0.05, 0.1) is 24.0 Å². The summed E-state index contributed by atoms with van der Waals surface area (Å²) in [6.07, 6.45) is -1.19. The molecule has 2 aromatic rings. The molecule has 12 nitrogen and oxygen atoms in total. The van der Waals surface area contributed by atoms with Crippen LogP contribution in [0.3, 0.4) is 0 Å². The Balaban J connectivity index is 2.06. The number of phenols is 2. The fourth-order valence-corrected chi connectivity index (χ4v) is 4.44. The number of hydrogen-bond acceptors (Lipinski definition) is 10. The maximum absolute atomic E-state index is 13.6. The quantitative estimate of drug-likeness (QED) is 0.252. The minimum atomic E-state index is -1.49. The van der Waals surface area contributed by atoms with E-state index in [1.165, 1.54) is 24.3 Å². The van der Waals surface area contributed by atoms with Crippen molar-refractivity contribution in [1.82, 2.24) is 10.2 Å². The van der Waals surface area contributed by atoms with Gasteiger partial charge in [-0.15, -0.1) is 0 Å². The first kappa shape index (κ1) is 27.2. The Morgan fingerprint density at radius 3 is 2.61 bits per heavy atom. The molecule has 0 fully saturated rings. The Hall–Kier alpha value is -3.39. The number of carboxylic acid groups (broad SMARTS) is 1. The van der Waals surface area contributed by atoms with Crippen LogP contribution in [-0.2, 0) is 9.59 Å². The number of nitrogens with one attached hydrogen (secondary N) is 2. The first-order valence-corrected chi connectivity index (χ1v) is 11.7.